The van der Waals surface area contributed by atoms with Crippen LogP contribution in [0, 0.1) is 12.8 Å². The second-order valence-corrected chi connectivity index (χ2v) is 6.62. The topological polar surface area (TPSA) is 32.3 Å². The van der Waals surface area contributed by atoms with Crippen LogP contribution in [-0.2, 0) is 0 Å². The van der Waals surface area contributed by atoms with E-state index in [1.54, 1.807) is 0 Å². The van der Waals surface area contributed by atoms with Gasteiger partial charge in [0.2, 0.25) is 0 Å². The molecule has 0 saturated carbocycles. The van der Waals surface area contributed by atoms with E-state index in [2.05, 4.69) is 39.9 Å². The minimum absolute atomic E-state index is 0.304. The van der Waals surface area contributed by atoms with Crippen molar-refractivity contribution in [2.75, 3.05) is 0 Å². The molecule has 0 heterocycles. The van der Waals surface area contributed by atoms with Gasteiger partial charge in [0, 0.05) is 17.6 Å². The van der Waals surface area contributed by atoms with Gasteiger partial charge in [0.25, 0.3) is 0 Å². The summed E-state index contributed by atoms with van der Waals surface area (Å²) in [5.74, 6) is 1.69. The van der Waals surface area contributed by atoms with Gasteiger partial charge >= 0.3 is 0 Å². The van der Waals surface area contributed by atoms with Crippen molar-refractivity contribution in [3.63, 3.8) is 0 Å². The van der Waals surface area contributed by atoms with Crippen molar-refractivity contribution in [1.29, 1.82) is 0 Å². The maximum atomic E-state index is 10.2. The lowest BCUT2D eigenvalue weighted by Gasteiger charge is -2.22. The molecule has 0 saturated heterocycles. The van der Waals surface area contributed by atoms with E-state index < -0.39 is 0 Å². The largest absolute Gasteiger partial charge is 0.508 e. The van der Waals surface area contributed by atoms with E-state index in [-0.39, 0.29) is 0 Å². The molecule has 1 aromatic carbocycles. The minimum Gasteiger partial charge on any atom is -0.508 e. The number of phenols is 1. The molecule has 2 rings (SSSR count). The number of benzene rings is 1. The Morgan fingerprint density at radius 1 is 1.26 bits per heavy atom. The van der Waals surface area contributed by atoms with Crippen molar-refractivity contribution in [1.82, 2.24) is 5.32 Å². The highest BCUT2D eigenvalue weighted by molar-refractivity contribution is 5.50. The van der Waals surface area contributed by atoms with Gasteiger partial charge in [-0.2, -0.15) is 0 Å². The number of phenolic OH excluding ortho intramolecular Hbond substituents is 1. The fourth-order valence-electron chi connectivity index (χ4n) is 3.61. The Morgan fingerprint density at radius 3 is 2.58 bits per heavy atom. The van der Waals surface area contributed by atoms with Crippen molar-refractivity contribution in [2.45, 2.75) is 65.5 Å². The van der Waals surface area contributed by atoms with E-state index in [1.807, 2.05) is 12.1 Å². The van der Waals surface area contributed by atoms with E-state index in [1.165, 1.54) is 17.5 Å². The molecular formula is C17H27NO. The molecule has 0 radical (unpaired) electrons. The average Bonchev–Trinajstić information content (AvgIpc) is 2.61. The highest BCUT2D eigenvalue weighted by Gasteiger charge is 2.32. The van der Waals surface area contributed by atoms with Crippen molar-refractivity contribution in [3.8, 4) is 5.75 Å². The summed E-state index contributed by atoms with van der Waals surface area (Å²) in [6, 6.07) is 4.67. The van der Waals surface area contributed by atoms with E-state index >= 15 is 0 Å². The molecule has 0 fully saturated rings. The lowest BCUT2D eigenvalue weighted by Crippen LogP contribution is -2.30. The Hall–Kier alpha value is -1.02. The number of fused-ring (bicyclic) bond motifs is 1. The molecule has 3 unspecified atom stereocenters. The van der Waals surface area contributed by atoms with E-state index in [0.717, 1.165) is 12.0 Å². The van der Waals surface area contributed by atoms with Crippen LogP contribution in [-0.4, -0.2) is 11.1 Å². The van der Waals surface area contributed by atoms with Gasteiger partial charge in [-0.25, -0.2) is 0 Å². The molecule has 1 aliphatic rings. The molecule has 106 valence electrons. The van der Waals surface area contributed by atoms with E-state index in [9.17, 15) is 5.11 Å². The zero-order valence-corrected chi connectivity index (χ0v) is 12.8. The first-order valence-electron chi connectivity index (χ1n) is 7.48. The molecule has 0 bridgehead atoms. The van der Waals surface area contributed by atoms with Crippen molar-refractivity contribution < 1.29 is 5.11 Å². The first-order chi connectivity index (χ1) is 8.90. The summed E-state index contributed by atoms with van der Waals surface area (Å²) < 4.78 is 0. The molecule has 1 aliphatic carbocycles. The molecule has 3 atom stereocenters. The van der Waals surface area contributed by atoms with Crippen LogP contribution in [0.15, 0.2) is 12.1 Å². The molecule has 19 heavy (non-hydrogen) atoms. The van der Waals surface area contributed by atoms with Gasteiger partial charge in [-0.3, -0.25) is 0 Å². The Kier molecular flexibility index (Phi) is 4.19. The zero-order chi connectivity index (χ0) is 14.2. The third-order valence-electron chi connectivity index (χ3n) is 4.22. The van der Waals surface area contributed by atoms with Crippen LogP contribution >= 0.6 is 0 Å². The second-order valence-electron chi connectivity index (χ2n) is 6.62. The summed E-state index contributed by atoms with van der Waals surface area (Å²) in [4.78, 5) is 0. The summed E-state index contributed by atoms with van der Waals surface area (Å²) >= 11 is 0. The van der Waals surface area contributed by atoms with Crippen molar-refractivity contribution in [3.05, 3.63) is 28.8 Å². The predicted molar refractivity (Wildman–Crippen MR) is 80.7 cm³/mol. The van der Waals surface area contributed by atoms with Crippen LogP contribution in [0.2, 0.25) is 0 Å². The zero-order valence-electron chi connectivity index (χ0n) is 12.8. The normalized spacial score (nSPS) is 23.7. The molecule has 0 aromatic heterocycles. The molecule has 1 aromatic rings. The number of aryl methyl sites for hydroxylation is 1. The maximum Gasteiger partial charge on any atom is 0.120 e. The van der Waals surface area contributed by atoms with Crippen LogP contribution in [0.5, 0.6) is 5.75 Å². The number of aromatic hydroxyl groups is 1. The van der Waals surface area contributed by atoms with Gasteiger partial charge in [0.05, 0.1) is 0 Å². The Labute approximate surface area is 117 Å². The highest BCUT2D eigenvalue weighted by atomic mass is 16.3. The lowest BCUT2D eigenvalue weighted by molar-refractivity contribution is 0.377. The van der Waals surface area contributed by atoms with Gasteiger partial charge in [0.1, 0.15) is 5.75 Å². The molecule has 2 N–H and O–H groups in total. The summed E-state index contributed by atoms with van der Waals surface area (Å²) in [7, 11) is 0. The maximum absolute atomic E-state index is 10.2. The summed E-state index contributed by atoms with van der Waals surface area (Å²) in [5.41, 5.74) is 3.80. The first kappa shape index (κ1) is 14.4. The standard InChI is InChI=1S/C17H27NO/c1-10(2)8-13(5)18-14-9-12(4)16-11(3)6-7-15(19)17(14)16/h6-7,10,12-14,18-19H,8-9H2,1-5H3. The van der Waals surface area contributed by atoms with Gasteiger partial charge < -0.3 is 10.4 Å². The average molecular weight is 261 g/mol. The Bertz CT molecular complexity index is 453. The first-order valence-corrected chi connectivity index (χ1v) is 7.48. The van der Waals surface area contributed by atoms with E-state index in [0.29, 0.717) is 29.7 Å². The third kappa shape index (κ3) is 2.94. The Morgan fingerprint density at radius 2 is 1.95 bits per heavy atom. The van der Waals surface area contributed by atoms with Crippen molar-refractivity contribution in [2.24, 2.45) is 5.92 Å². The van der Waals surface area contributed by atoms with Gasteiger partial charge in [-0.15, -0.1) is 0 Å². The summed E-state index contributed by atoms with van der Waals surface area (Å²) in [6.45, 7) is 11.2. The summed E-state index contributed by atoms with van der Waals surface area (Å²) in [6.07, 6.45) is 2.27. The van der Waals surface area contributed by atoms with Crippen LogP contribution < -0.4 is 5.32 Å². The highest BCUT2D eigenvalue weighted by Crippen LogP contribution is 2.46. The van der Waals surface area contributed by atoms with Crippen LogP contribution in [0.25, 0.3) is 0 Å². The smallest absolute Gasteiger partial charge is 0.120 e. The lowest BCUT2D eigenvalue weighted by atomic mass is 9.97. The molecular weight excluding hydrogens is 234 g/mol. The molecule has 2 nitrogen and oxygen atoms in total. The number of hydrogen-bond acceptors (Lipinski definition) is 2. The molecule has 0 amide bonds. The van der Waals surface area contributed by atoms with Gasteiger partial charge in [-0.1, -0.05) is 26.8 Å². The van der Waals surface area contributed by atoms with Crippen molar-refractivity contribution >= 4 is 0 Å². The fourth-order valence-corrected chi connectivity index (χ4v) is 3.61. The Balaban J connectivity index is 2.22. The number of rotatable bonds is 4. The molecule has 0 spiro atoms. The van der Waals surface area contributed by atoms with Crippen LogP contribution in [0.3, 0.4) is 0 Å². The summed E-state index contributed by atoms with van der Waals surface area (Å²) in [5, 5.41) is 13.9. The minimum atomic E-state index is 0.304. The van der Waals surface area contributed by atoms with Gasteiger partial charge in [0.15, 0.2) is 0 Å². The van der Waals surface area contributed by atoms with Crippen LogP contribution in [0.1, 0.15) is 69.2 Å². The molecule has 0 aliphatic heterocycles. The SMILES string of the molecule is Cc1ccc(O)c2c1C(C)CC2NC(C)CC(C)C. The monoisotopic (exact) mass is 261 g/mol. The predicted octanol–water partition coefficient (Wildman–Crippen LogP) is 4.27. The number of hydrogen-bond donors (Lipinski definition) is 2. The second kappa shape index (κ2) is 5.54. The quantitative estimate of drug-likeness (QED) is 0.848. The van der Waals surface area contributed by atoms with Gasteiger partial charge in [-0.05, 0) is 55.7 Å². The third-order valence-corrected chi connectivity index (χ3v) is 4.22. The van der Waals surface area contributed by atoms with E-state index in [4.69, 9.17) is 0 Å². The van der Waals surface area contributed by atoms with Crippen LogP contribution in [0.4, 0.5) is 0 Å². The molecule has 2 heteroatoms. The number of nitrogens with one attached hydrogen (secondary N) is 1. The fraction of sp³-hybridized carbons (Fsp3) is 0.647.